The second-order valence-electron chi connectivity index (χ2n) is 6.19. The number of nitrogens with zero attached hydrogens (tertiary/aromatic N) is 1. The summed E-state index contributed by atoms with van der Waals surface area (Å²) in [5, 5.41) is 9.27. The lowest BCUT2D eigenvalue weighted by atomic mass is 10.1. The van der Waals surface area contributed by atoms with Gasteiger partial charge in [0.15, 0.2) is 0 Å². The molecule has 29 heavy (non-hydrogen) atoms. The number of hydrogen-bond acceptors (Lipinski definition) is 5. The van der Waals surface area contributed by atoms with Crippen LogP contribution >= 0.6 is 0 Å². The van der Waals surface area contributed by atoms with Gasteiger partial charge in [-0.1, -0.05) is 0 Å². The molecule has 2 N–H and O–H groups in total. The average Bonchev–Trinajstić information content (AvgIpc) is 3.17. The lowest BCUT2D eigenvalue weighted by Crippen LogP contribution is -2.14. The second kappa shape index (κ2) is 7.80. The van der Waals surface area contributed by atoms with Gasteiger partial charge >= 0.3 is 11.9 Å². The normalized spacial score (nSPS) is 11.1. The minimum absolute atomic E-state index is 0.00884. The third-order valence-corrected chi connectivity index (χ3v) is 5.66. The van der Waals surface area contributed by atoms with Gasteiger partial charge in [0.1, 0.15) is 5.69 Å². The van der Waals surface area contributed by atoms with Crippen molar-refractivity contribution in [3.8, 4) is 5.69 Å². The molecule has 8 nitrogen and oxygen atoms in total. The number of ether oxygens (including phenoxy) is 1. The van der Waals surface area contributed by atoms with E-state index in [0.29, 0.717) is 16.9 Å². The third-order valence-electron chi connectivity index (χ3n) is 4.26. The van der Waals surface area contributed by atoms with Crippen LogP contribution in [-0.4, -0.2) is 37.1 Å². The van der Waals surface area contributed by atoms with Crippen molar-refractivity contribution in [1.82, 2.24) is 4.57 Å². The van der Waals surface area contributed by atoms with E-state index in [1.165, 1.54) is 42.0 Å². The molecule has 0 radical (unpaired) electrons. The van der Waals surface area contributed by atoms with Crippen molar-refractivity contribution in [2.24, 2.45) is 0 Å². The number of rotatable bonds is 6. The molecule has 0 aliphatic carbocycles. The summed E-state index contributed by atoms with van der Waals surface area (Å²) in [5.74, 6) is -1.62. The van der Waals surface area contributed by atoms with E-state index in [-0.39, 0.29) is 16.2 Å². The number of sulfonamides is 1. The number of carboxylic acids is 1. The largest absolute Gasteiger partial charge is 0.477 e. The van der Waals surface area contributed by atoms with Crippen molar-refractivity contribution in [3.63, 3.8) is 0 Å². The van der Waals surface area contributed by atoms with Gasteiger partial charge in [0.25, 0.3) is 10.0 Å². The number of benzene rings is 2. The van der Waals surface area contributed by atoms with Crippen LogP contribution in [0.2, 0.25) is 0 Å². The van der Waals surface area contributed by atoms with E-state index >= 15 is 0 Å². The van der Waals surface area contributed by atoms with Crippen LogP contribution in [0.15, 0.2) is 65.7 Å². The van der Waals surface area contributed by atoms with Crippen LogP contribution < -0.4 is 4.72 Å². The zero-order valence-electron chi connectivity index (χ0n) is 15.6. The number of carbonyl (C=O) groups is 2. The van der Waals surface area contributed by atoms with Crippen molar-refractivity contribution >= 4 is 27.6 Å². The summed E-state index contributed by atoms with van der Waals surface area (Å²) >= 11 is 0. The predicted octanol–water partition coefficient (Wildman–Crippen LogP) is 3.07. The summed E-state index contributed by atoms with van der Waals surface area (Å²) < 4.78 is 33.8. The molecular weight excluding hydrogens is 396 g/mol. The molecule has 0 fully saturated rings. The number of aryl methyl sites for hydroxylation is 1. The first-order chi connectivity index (χ1) is 13.7. The smallest absolute Gasteiger partial charge is 0.352 e. The molecule has 3 rings (SSSR count). The number of esters is 1. The number of methoxy groups -OCH3 is 1. The molecule has 0 saturated heterocycles. The maximum absolute atomic E-state index is 12.6. The summed E-state index contributed by atoms with van der Waals surface area (Å²) in [7, 11) is -2.63. The molecule has 1 heterocycles. The Morgan fingerprint density at radius 1 is 1.07 bits per heavy atom. The standard InChI is InChI=1S/C20H18N2O6S/c1-13-12-15(7-10-17(13)22-11-3-4-18(22)19(23)24)21-29(26,27)16-8-5-14(6-9-16)20(25)28-2/h3-12,21H,1-2H3,(H,23,24). The fraction of sp³-hybridized carbons (Fsp3) is 0.100. The molecule has 3 aromatic rings. The van der Waals surface area contributed by atoms with Gasteiger partial charge in [-0.3, -0.25) is 4.72 Å². The van der Waals surface area contributed by atoms with Crippen LogP contribution in [-0.2, 0) is 14.8 Å². The van der Waals surface area contributed by atoms with E-state index in [9.17, 15) is 23.1 Å². The molecule has 9 heteroatoms. The van der Waals surface area contributed by atoms with Crippen LogP contribution in [0, 0.1) is 6.92 Å². The predicted molar refractivity (Wildman–Crippen MR) is 106 cm³/mol. The Morgan fingerprint density at radius 3 is 2.34 bits per heavy atom. The van der Waals surface area contributed by atoms with Gasteiger partial charge in [-0.25, -0.2) is 18.0 Å². The van der Waals surface area contributed by atoms with Crippen molar-refractivity contribution in [2.75, 3.05) is 11.8 Å². The number of hydrogen-bond donors (Lipinski definition) is 2. The van der Waals surface area contributed by atoms with Gasteiger partial charge in [0, 0.05) is 17.6 Å². The Kier molecular flexibility index (Phi) is 5.42. The zero-order valence-corrected chi connectivity index (χ0v) is 16.4. The number of carboxylic acid groups (broad SMARTS) is 1. The fourth-order valence-electron chi connectivity index (χ4n) is 2.86. The number of carbonyl (C=O) groups excluding carboxylic acids is 1. The van der Waals surface area contributed by atoms with E-state index < -0.39 is 22.0 Å². The Balaban J connectivity index is 1.86. The van der Waals surface area contributed by atoms with E-state index in [4.69, 9.17) is 0 Å². The molecule has 2 aromatic carbocycles. The molecule has 0 spiro atoms. The van der Waals surface area contributed by atoms with Gasteiger partial charge in [0.2, 0.25) is 0 Å². The number of aromatic carboxylic acids is 1. The van der Waals surface area contributed by atoms with E-state index in [0.717, 1.165) is 0 Å². The molecule has 0 atom stereocenters. The first-order valence-electron chi connectivity index (χ1n) is 8.46. The van der Waals surface area contributed by atoms with Crippen molar-refractivity contribution in [3.05, 3.63) is 77.6 Å². The fourth-order valence-corrected chi connectivity index (χ4v) is 3.91. The highest BCUT2D eigenvalue weighted by atomic mass is 32.2. The van der Waals surface area contributed by atoms with Crippen LogP contribution in [0.4, 0.5) is 5.69 Å². The molecule has 0 amide bonds. The van der Waals surface area contributed by atoms with Gasteiger partial charge in [-0.15, -0.1) is 0 Å². The lowest BCUT2D eigenvalue weighted by Gasteiger charge is -2.13. The third kappa shape index (κ3) is 4.14. The van der Waals surface area contributed by atoms with Crippen LogP contribution in [0.3, 0.4) is 0 Å². The monoisotopic (exact) mass is 414 g/mol. The van der Waals surface area contributed by atoms with Crippen LogP contribution in [0.1, 0.15) is 26.4 Å². The quantitative estimate of drug-likeness (QED) is 0.599. The molecule has 0 bridgehead atoms. The average molecular weight is 414 g/mol. The maximum Gasteiger partial charge on any atom is 0.352 e. The minimum Gasteiger partial charge on any atom is -0.477 e. The topological polar surface area (TPSA) is 115 Å². The molecule has 0 saturated carbocycles. The van der Waals surface area contributed by atoms with E-state index in [2.05, 4.69) is 9.46 Å². The number of nitrogens with one attached hydrogen (secondary N) is 1. The lowest BCUT2D eigenvalue weighted by molar-refractivity contribution is 0.0599. The summed E-state index contributed by atoms with van der Waals surface area (Å²) in [6, 6.07) is 13.3. The van der Waals surface area contributed by atoms with Crippen molar-refractivity contribution in [1.29, 1.82) is 0 Å². The van der Waals surface area contributed by atoms with Gasteiger partial charge in [0.05, 0.1) is 17.6 Å². The molecular formula is C20H18N2O6S. The van der Waals surface area contributed by atoms with Crippen LogP contribution in [0.25, 0.3) is 5.69 Å². The van der Waals surface area contributed by atoms with Crippen molar-refractivity contribution in [2.45, 2.75) is 11.8 Å². The van der Waals surface area contributed by atoms with Gasteiger partial charge < -0.3 is 14.4 Å². The molecule has 150 valence electrons. The van der Waals surface area contributed by atoms with Crippen LogP contribution in [0.5, 0.6) is 0 Å². The SMILES string of the molecule is COC(=O)c1ccc(S(=O)(=O)Nc2ccc(-n3cccc3C(=O)O)c(C)c2)cc1. The van der Waals surface area contributed by atoms with Gasteiger partial charge in [-0.05, 0) is 67.1 Å². The molecule has 0 unspecified atom stereocenters. The van der Waals surface area contributed by atoms with E-state index in [1.54, 1.807) is 37.4 Å². The molecule has 1 aromatic heterocycles. The van der Waals surface area contributed by atoms with Crippen molar-refractivity contribution < 1.29 is 27.9 Å². The zero-order chi connectivity index (χ0) is 21.2. The summed E-state index contributed by atoms with van der Waals surface area (Å²) in [6.07, 6.45) is 1.62. The molecule has 0 aliphatic rings. The minimum atomic E-state index is -3.87. The van der Waals surface area contributed by atoms with E-state index in [1.807, 2.05) is 0 Å². The number of anilines is 1. The maximum atomic E-state index is 12.6. The first-order valence-corrected chi connectivity index (χ1v) is 9.94. The summed E-state index contributed by atoms with van der Waals surface area (Å²) in [5.41, 5.74) is 1.98. The molecule has 0 aliphatic heterocycles. The Bertz CT molecular complexity index is 1180. The highest BCUT2D eigenvalue weighted by molar-refractivity contribution is 7.92. The second-order valence-corrected chi connectivity index (χ2v) is 7.87. The first kappa shape index (κ1) is 20.2. The Morgan fingerprint density at radius 2 is 1.76 bits per heavy atom. The summed E-state index contributed by atoms with van der Waals surface area (Å²) in [4.78, 5) is 22.8. The summed E-state index contributed by atoms with van der Waals surface area (Å²) in [6.45, 7) is 1.75. The Labute approximate surface area is 167 Å². The van der Waals surface area contributed by atoms with Gasteiger partial charge in [-0.2, -0.15) is 0 Å². The Hall–Kier alpha value is -3.59. The highest BCUT2D eigenvalue weighted by Crippen LogP contribution is 2.23. The number of aromatic nitrogens is 1. The highest BCUT2D eigenvalue weighted by Gasteiger charge is 2.17.